The van der Waals surface area contributed by atoms with Crippen LogP contribution in [-0.2, 0) is 32.0 Å². The summed E-state index contributed by atoms with van der Waals surface area (Å²) in [6, 6.07) is 10.5. The number of carbonyl (C=O) groups is 6. The predicted molar refractivity (Wildman–Crippen MR) is 160 cm³/mol. The maximum absolute atomic E-state index is 14.2. The smallest absolute Gasteiger partial charge is 0.452 e. The van der Waals surface area contributed by atoms with Crippen LogP contribution in [0.4, 0.5) is 13.2 Å². The Morgan fingerprint density at radius 3 is 1.83 bits per heavy atom. The number of benzene rings is 2. The van der Waals surface area contributed by atoms with Gasteiger partial charge in [0.15, 0.2) is 5.78 Å². The van der Waals surface area contributed by atoms with Crippen LogP contribution in [-0.4, -0.2) is 82.2 Å². The van der Waals surface area contributed by atoms with Crippen molar-refractivity contribution in [2.75, 3.05) is 13.1 Å². The lowest BCUT2D eigenvalue weighted by Gasteiger charge is -2.37. The van der Waals surface area contributed by atoms with E-state index in [9.17, 15) is 41.9 Å². The molecular formula is C32H37F3N4O7. The number of aliphatic carboxylic acids is 1. The van der Waals surface area contributed by atoms with Crippen molar-refractivity contribution in [3.05, 3.63) is 70.8 Å². The number of amides is 3. The van der Waals surface area contributed by atoms with Gasteiger partial charge in [0.05, 0.1) is 6.54 Å². The molecule has 1 aliphatic rings. The fourth-order valence-corrected chi connectivity index (χ4v) is 5.32. The first-order valence-corrected chi connectivity index (χ1v) is 14.6. The van der Waals surface area contributed by atoms with Crippen molar-refractivity contribution in [3.63, 3.8) is 0 Å². The summed E-state index contributed by atoms with van der Waals surface area (Å²) in [7, 11) is 0. The maximum Gasteiger partial charge on any atom is 0.452 e. The highest BCUT2D eigenvalue weighted by Crippen LogP contribution is 2.31. The Balaban J connectivity index is 1.91. The van der Waals surface area contributed by atoms with Crippen molar-refractivity contribution < 1.29 is 47.0 Å². The Kier molecular flexibility index (Phi) is 11.1. The molecule has 1 unspecified atom stereocenters. The Labute approximate surface area is 263 Å². The van der Waals surface area contributed by atoms with Crippen molar-refractivity contribution in [1.82, 2.24) is 15.5 Å². The van der Waals surface area contributed by atoms with E-state index in [1.165, 1.54) is 38.1 Å². The number of nitrogens with zero attached hydrogens (tertiary/aromatic N) is 1. The van der Waals surface area contributed by atoms with E-state index in [0.29, 0.717) is 0 Å². The van der Waals surface area contributed by atoms with E-state index in [4.69, 9.17) is 10.8 Å². The first-order chi connectivity index (χ1) is 21.4. The number of rotatable bonds is 13. The second kappa shape index (κ2) is 14.2. The molecule has 0 heterocycles. The summed E-state index contributed by atoms with van der Waals surface area (Å²) in [6.07, 6.45) is -4.83. The van der Waals surface area contributed by atoms with Gasteiger partial charge in [0.1, 0.15) is 18.1 Å². The number of carbonyl (C=O) groups excluding carboxylic acids is 5. The van der Waals surface area contributed by atoms with Crippen LogP contribution in [0.15, 0.2) is 48.5 Å². The van der Waals surface area contributed by atoms with E-state index in [2.05, 4.69) is 10.6 Å². The summed E-state index contributed by atoms with van der Waals surface area (Å²) in [5.41, 5.74) is 4.88. The average molecular weight is 647 g/mol. The molecule has 14 heteroatoms. The topological polar surface area (TPSA) is 176 Å². The minimum absolute atomic E-state index is 0.0562. The monoisotopic (exact) mass is 646 g/mol. The molecule has 0 spiro atoms. The largest absolute Gasteiger partial charge is 0.480 e. The number of carboxylic acids is 1. The zero-order valence-electron chi connectivity index (χ0n) is 25.8. The van der Waals surface area contributed by atoms with Gasteiger partial charge in [-0.1, -0.05) is 52.0 Å². The second-order valence-electron chi connectivity index (χ2n) is 11.9. The first kappa shape index (κ1) is 35.9. The highest BCUT2D eigenvalue weighted by Gasteiger charge is 2.57. The molecule has 3 rings (SSSR count). The molecule has 5 N–H and O–H groups in total. The highest BCUT2D eigenvalue weighted by molar-refractivity contribution is 6.15. The molecule has 11 nitrogen and oxygen atoms in total. The van der Waals surface area contributed by atoms with Crippen molar-refractivity contribution in [2.24, 2.45) is 17.6 Å². The summed E-state index contributed by atoms with van der Waals surface area (Å²) < 4.78 is 40.7. The van der Waals surface area contributed by atoms with Crippen LogP contribution in [0.2, 0.25) is 0 Å². The third kappa shape index (κ3) is 7.97. The van der Waals surface area contributed by atoms with E-state index in [1.54, 1.807) is 26.0 Å². The maximum atomic E-state index is 14.2. The van der Waals surface area contributed by atoms with Crippen molar-refractivity contribution in [3.8, 4) is 0 Å². The number of ketones is 2. The van der Waals surface area contributed by atoms with Crippen molar-refractivity contribution in [2.45, 2.75) is 64.3 Å². The third-order valence-electron chi connectivity index (χ3n) is 8.10. The molecule has 0 aliphatic heterocycles. The number of Topliss-reactive ketones (excluding diaryl/α,β-unsaturated/α-hetero) is 2. The first-order valence-electron chi connectivity index (χ1n) is 14.6. The lowest BCUT2D eigenvalue weighted by Crippen LogP contribution is -2.66. The molecule has 0 fully saturated rings. The SMILES string of the molecule is CC(C)[C@H](NC(=O)c1ccc(C(=O)NCC(=O)O)cc1)C(=O)N(CC(=O)C(N)(C(=O)C(F)(F)F)C(C)C)C1Cc2ccccc2C1. The van der Waals surface area contributed by atoms with Gasteiger partial charge in [-0.3, -0.25) is 28.8 Å². The number of hydrogen-bond acceptors (Lipinski definition) is 7. The van der Waals surface area contributed by atoms with E-state index >= 15 is 0 Å². The Morgan fingerprint density at radius 2 is 1.39 bits per heavy atom. The number of fused-ring (bicyclic) bond motifs is 1. The van der Waals surface area contributed by atoms with Gasteiger partial charge in [0.25, 0.3) is 17.6 Å². The van der Waals surface area contributed by atoms with Crippen LogP contribution >= 0.6 is 0 Å². The van der Waals surface area contributed by atoms with Gasteiger partial charge < -0.3 is 26.4 Å². The summed E-state index contributed by atoms with van der Waals surface area (Å²) in [5, 5.41) is 13.6. The average Bonchev–Trinajstić information content (AvgIpc) is 3.43. The van der Waals surface area contributed by atoms with Crippen LogP contribution in [0.25, 0.3) is 0 Å². The fraction of sp³-hybridized carbons (Fsp3) is 0.438. The Morgan fingerprint density at radius 1 is 0.891 bits per heavy atom. The summed E-state index contributed by atoms with van der Waals surface area (Å²) in [5.74, 6) is -8.86. The van der Waals surface area contributed by atoms with Crippen LogP contribution in [0, 0.1) is 11.8 Å². The standard InChI is InChI=1S/C32H37F3N4O7/c1-17(2)26(38-28(44)20-11-9-19(10-12-20)27(43)37-15-25(41)42)29(45)39(23-13-21-7-5-6-8-22(21)14-23)16-24(40)31(36,18(3)4)30(46)32(33,34)35/h5-12,17-18,23,26H,13-16,36H2,1-4H3,(H,37,43)(H,38,44)(H,41,42)/t26-,31?/m0/s1. The molecule has 0 bridgehead atoms. The molecule has 248 valence electrons. The van der Waals surface area contributed by atoms with Gasteiger partial charge in [-0.2, -0.15) is 13.2 Å². The minimum atomic E-state index is -5.39. The molecular weight excluding hydrogens is 609 g/mol. The van der Waals surface area contributed by atoms with Crippen LogP contribution < -0.4 is 16.4 Å². The molecule has 1 aliphatic carbocycles. The van der Waals surface area contributed by atoms with Gasteiger partial charge in [-0.05, 0) is 60.1 Å². The molecule has 0 saturated carbocycles. The van der Waals surface area contributed by atoms with Crippen LogP contribution in [0.5, 0.6) is 0 Å². The summed E-state index contributed by atoms with van der Waals surface area (Å²) in [4.78, 5) is 77.3. The zero-order valence-corrected chi connectivity index (χ0v) is 25.8. The summed E-state index contributed by atoms with van der Waals surface area (Å²) >= 11 is 0. The Hall–Kier alpha value is -4.59. The minimum Gasteiger partial charge on any atom is -0.480 e. The van der Waals surface area contributed by atoms with Gasteiger partial charge in [0, 0.05) is 17.2 Å². The number of halogens is 3. The summed E-state index contributed by atoms with van der Waals surface area (Å²) in [6.45, 7) is 4.21. The van der Waals surface area contributed by atoms with Gasteiger partial charge in [-0.25, -0.2) is 0 Å². The van der Waals surface area contributed by atoms with Gasteiger partial charge in [0.2, 0.25) is 5.91 Å². The molecule has 2 aromatic carbocycles. The number of nitrogens with one attached hydrogen (secondary N) is 2. The lowest BCUT2D eigenvalue weighted by molar-refractivity contribution is -0.180. The molecule has 0 aromatic heterocycles. The zero-order chi connectivity index (χ0) is 34.6. The quantitative estimate of drug-likeness (QED) is 0.240. The number of nitrogens with two attached hydrogens (primary N) is 1. The molecule has 3 amide bonds. The molecule has 2 atom stereocenters. The van der Waals surface area contributed by atoms with Crippen molar-refractivity contribution >= 4 is 35.3 Å². The van der Waals surface area contributed by atoms with Crippen LogP contribution in [0.1, 0.15) is 59.5 Å². The van der Waals surface area contributed by atoms with Gasteiger partial charge in [-0.15, -0.1) is 0 Å². The number of hydrogen-bond donors (Lipinski definition) is 4. The highest BCUT2D eigenvalue weighted by atomic mass is 19.4. The lowest BCUT2D eigenvalue weighted by atomic mass is 9.78. The van der Waals surface area contributed by atoms with Crippen molar-refractivity contribution in [1.29, 1.82) is 0 Å². The third-order valence-corrected chi connectivity index (χ3v) is 8.10. The van der Waals surface area contributed by atoms with Crippen LogP contribution in [0.3, 0.4) is 0 Å². The molecule has 0 radical (unpaired) electrons. The predicted octanol–water partition coefficient (Wildman–Crippen LogP) is 2.31. The second-order valence-corrected chi connectivity index (χ2v) is 11.9. The molecule has 0 saturated heterocycles. The molecule has 2 aromatic rings. The van der Waals surface area contributed by atoms with Gasteiger partial charge >= 0.3 is 12.1 Å². The van der Waals surface area contributed by atoms with E-state index in [1.807, 2.05) is 12.1 Å². The fourth-order valence-electron chi connectivity index (χ4n) is 5.32. The van der Waals surface area contributed by atoms with E-state index in [0.717, 1.165) is 16.0 Å². The Bertz CT molecular complexity index is 1480. The number of alkyl halides is 3. The van der Waals surface area contributed by atoms with E-state index < -0.39 is 84.0 Å². The normalized spacial score (nSPS) is 15.1. The number of carboxylic acid groups (broad SMARTS) is 1. The molecule has 46 heavy (non-hydrogen) atoms. The van der Waals surface area contributed by atoms with E-state index in [-0.39, 0.29) is 24.0 Å².